The third kappa shape index (κ3) is 6.45. The molecule has 4 nitrogen and oxygen atoms in total. The van der Waals surface area contributed by atoms with E-state index < -0.39 is 11.8 Å². The molecule has 0 aliphatic heterocycles. The van der Waals surface area contributed by atoms with Crippen molar-refractivity contribution in [2.75, 3.05) is 20.3 Å². The Morgan fingerprint density at radius 1 is 1.04 bits per heavy atom. The van der Waals surface area contributed by atoms with Gasteiger partial charge in [0.1, 0.15) is 6.17 Å². The van der Waals surface area contributed by atoms with Crippen molar-refractivity contribution >= 4 is 5.97 Å². The predicted molar refractivity (Wildman–Crippen MR) is 104 cm³/mol. The summed E-state index contributed by atoms with van der Waals surface area (Å²) in [5, 5.41) is 3.32. The molecule has 27 heavy (non-hydrogen) atoms. The molecule has 0 radical (unpaired) electrons. The summed E-state index contributed by atoms with van der Waals surface area (Å²) in [4.78, 5) is 11.2. The highest BCUT2D eigenvalue weighted by Crippen LogP contribution is 2.24. The molecule has 5 heteroatoms. The molecular weight excluding hydrogens is 345 g/mol. The molecule has 1 atom stereocenters. The summed E-state index contributed by atoms with van der Waals surface area (Å²) in [5.41, 5.74) is 1.12. The van der Waals surface area contributed by atoms with Crippen LogP contribution in [0, 0.1) is 0 Å². The number of ether oxygens (including phenoxy) is 2. The lowest BCUT2D eigenvalue weighted by atomic mass is 9.97. The zero-order chi connectivity index (χ0) is 19.7. The van der Waals surface area contributed by atoms with Gasteiger partial charge in [-0.25, -0.2) is 4.39 Å². The number of methoxy groups -OCH3 is 1. The summed E-state index contributed by atoms with van der Waals surface area (Å²) >= 11 is 0. The quantitative estimate of drug-likeness (QED) is 0.638. The molecule has 2 rings (SSSR count). The largest absolute Gasteiger partial charge is 0.469 e. The first kappa shape index (κ1) is 21.1. The van der Waals surface area contributed by atoms with E-state index in [1.165, 1.54) is 7.11 Å². The van der Waals surface area contributed by atoms with Gasteiger partial charge in [-0.1, -0.05) is 60.7 Å². The number of nitrogens with one attached hydrogen (secondary N) is 1. The van der Waals surface area contributed by atoms with Crippen LogP contribution in [0.1, 0.15) is 37.4 Å². The van der Waals surface area contributed by atoms with E-state index in [4.69, 9.17) is 4.74 Å². The van der Waals surface area contributed by atoms with Gasteiger partial charge in [-0.3, -0.25) is 4.79 Å². The minimum Gasteiger partial charge on any atom is -0.469 e. The first-order valence-corrected chi connectivity index (χ1v) is 9.12. The molecule has 0 saturated heterocycles. The Kier molecular flexibility index (Phi) is 7.95. The van der Waals surface area contributed by atoms with E-state index >= 15 is 0 Å². The number of hydrogen-bond donors (Lipinski definition) is 1. The average molecular weight is 373 g/mol. The van der Waals surface area contributed by atoms with E-state index in [2.05, 4.69) is 10.1 Å². The van der Waals surface area contributed by atoms with Gasteiger partial charge in [-0.05, 0) is 25.0 Å². The highest BCUT2D eigenvalue weighted by molar-refractivity contribution is 5.69. The molecule has 0 aliphatic rings. The van der Waals surface area contributed by atoms with Crippen LogP contribution in [0.25, 0.3) is 0 Å². The van der Waals surface area contributed by atoms with E-state index in [0.29, 0.717) is 0 Å². The maximum Gasteiger partial charge on any atom is 0.307 e. The fourth-order valence-electron chi connectivity index (χ4n) is 2.78. The molecule has 2 aromatic carbocycles. The maximum absolute atomic E-state index is 14.9. The molecule has 0 fully saturated rings. The van der Waals surface area contributed by atoms with Crippen LogP contribution in [0.15, 0.2) is 60.7 Å². The zero-order valence-corrected chi connectivity index (χ0v) is 16.2. The Labute approximate surface area is 160 Å². The highest BCUT2D eigenvalue weighted by atomic mass is 19.1. The van der Waals surface area contributed by atoms with Crippen LogP contribution in [0.5, 0.6) is 0 Å². The van der Waals surface area contributed by atoms with Crippen molar-refractivity contribution < 1.29 is 18.7 Å². The molecule has 146 valence electrons. The van der Waals surface area contributed by atoms with Crippen molar-refractivity contribution in [1.29, 1.82) is 0 Å². The van der Waals surface area contributed by atoms with Gasteiger partial charge in [0, 0.05) is 6.54 Å². The Bertz CT molecular complexity index is 652. The van der Waals surface area contributed by atoms with E-state index in [-0.39, 0.29) is 31.6 Å². The van der Waals surface area contributed by atoms with Crippen molar-refractivity contribution in [3.63, 3.8) is 0 Å². The van der Waals surface area contributed by atoms with Gasteiger partial charge in [0.25, 0.3) is 0 Å². The van der Waals surface area contributed by atoms with Crippen LogP contribution in [-0.2, 0) is 14.3 Å². The number of esters is 1. The van der Waals surface area contributed by atoms with Gasteiger partial charge in [0.2, 0.25) is 0 Å². The number of halogens is 1. The third-order valence-electron chi connectivity index (χ3n) is 4.53. The number of hydrogen-bond acceptors (Lipinski definition) is 4. The smallest absolute Gasteiger partial charge is 0.307 e. The molecule has 0 aliphatic carbocycles. The molecule has 0 saturated carbocycles. The molecule has 1 unspecified atom stereocenters. The van der Waals surface area contributed by atoms with Gasteiger partial charge in [0.15, 0.2) is 0 Å². The second-order valence-electron chi connectivity index (χ2n) is 6.91. The first-order chi connectivity index (χ1) is 12.9. The van der Waals surface area contributed by atoms with E-state index in [0.717, 1.165) is 11.1 Å². The van der Waals surface area contributed by atoms with Gasteiger partial charge >= 0.3 is 5.97 Å². The van der Waals surface area contributed by atoms with Crippen LogP contribution in [0.4, 0.5) is 4.39 Å². The van der Waals surface area contributed by atoms with Crippen molar-refractivity contribution in [3.8, 4) is 0 Å². The van der Waals surface area contributed by atoms with Crippen molar-refractivity contribution in [2.24, 2.45) is 0 Å². The normalized spacial score (nSPS) is 12.8. The monoisotopic (exact) mass is 373 g/mol. The number of alkyl halides is 1. The predicted octanol–water partition coefficient (Wildman–Crippen LogP) is 4.06. The van der Waals surface area contributed by atoms with E-state index in [1.807, 2.05) is 60.7 Å². The van der Waals surface area contributed by atoms with Crippen LogP contribution in [0.3, 0.4) is 0 Å². The molecule has 1 N–H and O–H groups in total. The molecule has 0 heterocycles. The number of rotatable bonds is 10. The SMILES string of the molecule is COC(=O)CCOC(C)(C)C(F)CNC(c1ccccc1)c1ccccc1. The molecule has 0 bridgehead atoms. The summed E-state index contributed by atoms with van der Waals surface area (Å²) in [6, 6.07) is 19.8. The topological polar surface area (TPSA) is 47.6 Å². The van der Waals surface area contributed by atoms with Crippen molar-refractivity contribution in [3.05, 3.63) is 71.8 Å². The number of carbonyl (C=O) groups is 1. The Morgan fingerprint density at radius 2 is 1.56 bits per heavy atom. The van der Waals surface area contributed by atoms with E-state index in [9.17, 15) is 9.18 Å². The van der Waals surface area contributed by atoms with Gasteiger partial charge in [0.05, 0.1) is 31.8 Å². The van der Waals surface area contributed by atoms with Crippen LogP contribution < -0.4 is 5.32 Å². The van der Waals surface area contributed by atoms with Crippen molar-refractivity contribution in [1.82, 2.24) is 5.32 Å². The summed E-state index contributed by atoms with van der Waals surface area (Å²) in [7, 11) is 1.32. The van der Waals surface area contributed by atoms with Crippen molar-refractivity contribution in [2.45, 2.75) is 38.1 Å². The lowest BCUT2D eigenvalue weighted by Crippen LogP contribution is -2.44. The Balaban J connectivity index is 2.00. The fraction of sp³-hybridized carbons (Fsp3) is 0.409. The zero-order valence-electron chi connectivity index (χ0n) is 16.2. The van der Waals surface area contributed by atoms with Crippen LogP contribution in [-0.4, -0.2) is 38.0 Å². The minimum atomic E-state index is -1.25. The molecule has 0 spiro atoms. The molecule has 2 aromatic rings. The minimum absolute atomic E-state index is 0.108. The second-order valence-corrected chi connectivity index (χ2v) is 6.91. The third-order valence-corrected chi connectivity index (χ3v) is 4.53. The van der Waals surface area contributed by atoms with E-state index in [1.54, 1.807) is 13.8 Å². The molecule has 0 aromatic heterocycles. The van der Waals surface area contributed by atoms with Gasteiger partial charge in [-0.15, -0.1) is 0 Å². The molecular formula is C22H28FNO3. The average Bonchev–Trinajstić information content (AvgIpc) is 2.69. The fourth-order valence-corrected chi connectivity index (χ4v) is 2.78. The second kappa shape index (κ2) is 10.2. The highest BCUT2D eigenvalue weighted by Gasteiger charge is 2.31. The number of carbonyl (C=O) groups excluding carboxylic acids is 1. The lowest BCUT2D eigenvalue weighted by Gasteiger charge is -2.31. The van der Waals surface area contributed by atoms with Gasteiger partial charge < -0.3 is 14.8 Å². The Morgan fingerprint density at radius 3 is 2.04 bits per heavy atom. The standard InChI is InChI=1S/C22H28FNO3/c1-22(2,27-15-14-20(25)26-3)19(23)16-24-21(17-10-6-4-7-11-17)18-12-8-5-9-13-18/h4-13,19,21,24H,14-16H2,1-3H3. The summed E-state index contributed by atoms with van der Waals surface area (Å²) in [5.74, 6) is -0.368. The molecule has 0 amide bonds. The maximum atomic E-state index is 14.9. The van der Waals surface area contributed by atoms with Gasteiger partial charge in [-0.2, -0.15) is 0 Å². The summed E-state index contributed by atoms with van der Waals surface area (Å²) < 4.78 is 25.0. The summed E-state index contributed by atoms with van der Waals surface area (Å²) in [6.07, 6.45) is -1.14. The van der Waals surface area contributed by atoms with Crippen LogP contribution >= 0.6 is 0 Å². The lowest BCUT2D eigenvalue weighted by molar-refractivity contribution is -0.144. The first-order valence-electron chi connectivity index (χ1n) is 9.12. The Hall–Kier alpha value is -2.24. The number of benzene rings is 2. The summed E-state index contributed by atoms with van der Waals surface area (Å²) in [6.45, 7) is 3.63. The van der Waals surface area contributed by atoms with Crippen LogP contribution in [0.2, 0.25) is 0 Å².